The Labute approximate surface area is 337 Å². The van der Waals surface area contributed by atoms with E-state index in [1.54, 1.807) is 19.2 Å². The number of fused-ring (bicyclic) bond motifs is 4. The Hall–Kier alpha value is -4.83. The van der Waals surface area contributed by atoms with Crippen molar-refractivity contribution in [1.82, 2.24) is 29.9 Å². The van der Waals surface area contributed by atoms with E-state index in [4.69, 9.17) is 16.6 Å². The Morgan fingerprint density at radius 2 is 1.78 bits per heavy atom. The molecule has 2 fully saturated rings. The van der Waals surface area contributed by atoms with E-state index in [2.05, 4.69) is 27.4 Å². The van der Waals surface area contributed by atoms with Crippen LogP contribution in [0.25, 0.3) is 22.0 Å². The van der Waals surface area contributed by atoms with Crippen LogP contribution in [0.5, 0.6) is 0 Å². The summed E-state index contributed by atoms with van der Waals surface area (Å²) in [5.41, 5.74) is -1.52. The second-order valence-corrected chi connectivity index (χ2v) is 18.0. The average molecular weight is 863 g/mol. The summed E-state index contributed by atoms with van der Waals surface area (Å²) in [6, 6.07) is 8.97. The molecule has 19 heteroatoms. The lowest BCUT2D eigenvalue weighted by Crippen LogP contribution is -2.48. The molecular weight excluding hydrogens is 829 g/mol. The van der Waals surface area contributed by atoms with Gasteiger partial charge in [-0.2, -0.15) is 32.1 Å². The molecule has 1 saturated heterocycles. The summed E-state index contributed by atoms with van der Waals surface area (Å²) in [6.07, 6.45) is -6.04. The second-order valence-electron chi connectivity index (χ2n) is 15.5. The minimum atomic E-state index is -5.06. The molecule has 1 unspecified atom stereocenters. The fraction of sp³-hybridized carbons (Fsp3) is 0.400. The quantitative estimate of drug-likeness (QED) is 0.115. The normalized spacial score (nSPS) is 19.4. The van der Waals surface area contributed by atoms with E-state index in [0.29, 0.717) is 45.9 Å². The molecule has 10 nitrogen and oxygen atoms in total. The molecule has 3 aromatic heterocycles. The number of Topliss-reactive ketones (excluding diaryl/α,β-unsaturated/α-hetero) is 1. The van der Waals surface area contributed by atoms with Crippen LogP contribution in [0.15, 0.2) is 42.5 Å². The number of alkyl halides is 5. The van der Waals surface area contributed by atoms with E-state index < -0.39 is 98.9 Å². The van der Waals surface area contributed by atoms with Gasteiger partial charge >= 0.3 is 6.18 Å². The minimum Gasteiger partial charge on any atom is -0.380 e. The molecule has 3 aliphatic rings. The molecular formula is C40H34ClF7N6O4S. The highest BCUT2D eigenvalue weighted by Crippen LogP contribution is 2.68. The summed E-state index contributed by atoms with van der Waals surface area (Å²) in [5.74, 6) is -4.84. The van der Waals surface area contributed by atoms with E-state index in [9.17, 15) is 40.3 Å². The lowest BCUT2D eigenvalue weighted by molar-refractivity contribution is -0.142. The van der Waals surface area contributed by atoms with E-state index >= 15 is 8.78 Å². The molecule has 5 aromatic rings. The Balaban J connectivity index is 1.27. The predicted octanol–water partition coefficient (Wildman–Crippen LogP) is 6.45. The van der Waals surface area contributed by atoms with Gasteiger partial charge in [-0.05, 0) is 60.6 Å². The number of hydrogen-bond donors (Lipinski definition) is 2. The van der Waals surface area contributed by atoms with Gasteiger partial charge < -0.3 is 10.4 Å². The molecule has 0 radical (unpaired) electrons. The maximum atomic E-state index is 15.4. The zero-order valence-corrected chi connectivity index (χ0v) is 32.8. The zero-order valence-electron chi connectivity index (χ0n) is 31.2. The summed E-state index contributed by atoms with van der Waals surface area (Å²) in [6.45, 7) is 0.106. The van der Waals surface area contributed by atoms with Crippen LogP contribution in [0, 0.1) is 35.3 Å². The van der Waals surface area contributed by atoms with Crippen LogP contribution in [-0.4, -0.2) is 69.3 Å². The number of aromatic nitrogens is 5. The van der Waals surface area contributed by atoms with Crippen LogP contribution in [0.2, 0.25) is 5.02 Å². The third-order valence-corrected chi connectivity index (χ3v) is 12.1. The van der Waals surface area contributed by atoms with Crippen molar-refractivity contribution in [2.45, 2.75) is 61.6 Å². The molecule has 2 aromatic carbocycles. The summed E-state index contributed by atoms with van der Waals surface area (Å²) in [5, 5.41) is 22.1. The number of carbonyl (C=O) groups excluding carboxylic acids is 1. The molecule has 310 valence electrons. The molecule has 0 spiro atoms. The molecule has 2 aliphatic carbocycles. The van der Waals surface area contributed by atoms with E-state index in [1.807, 2.05) is 0 Å². The van der Waals surface area contributed by atoms with Crippen molar-refractivity contribution < 1.29 is 49.1 Å². The van der Waals surface area contributed by atoms with Crippen molar-refractivity contribution in [2.75, 3.05) is 19.3 Å². The number of aryl methyl sites for hydroxylation is 1. The first-order chi connectivity index (χ1) is 27.7. The molecule has 2 N–H and O–H groups in total. The number of halogens is 8. The number of pyridine rings is 1. The lowest BCUT2D eigenvalue weighted by Gasteiger charge is -2.28. The third-order valence-electron chi connectivity index (χ3n) is 11.0. The van der Waals surface area contributed by atoms with Gasteiger partial charge in [0, 0.05) is 78.7 Å². The van der Waals surface area contributed by atoms with Crippen LogP contribution in [-0.2, 0) is 52.5 Å². The topological polar surface area (TPSA) is 132 Å². The van der Waals surface area contributed by atoms with E-state index in [0.717, 1.165) is 18.4 Å². The lowest BCUT2D eigenvalue weighted by atomic mass is 9.86. The number of sulfone groups is 1. The van der Waals surface area contributed by atoms with Gasteiger partial charge in [0.1, 0.15) is 35.7 Å². The SMILES string of the molecule is Cn1nc(CS(C)(=O)=O)c2c(Cl)ccc(-c3ccc(C#CC(O)C4CNC4)nc3[C@@H](CC(=O)Cn3nc(C(F)(F)F)c4c3C(F)(F)[C@@H]3C[C@H]43)Cc3cc(F)cc(F)c3)c21. The third kappa shape index (κ3) is 7.85. The fourth-order valence-corrected chi connectivity index (χ4v) is 9.25. The molecule has 0 amide bonds. The monoisotopic (exact) mass is 862 g/mol. The van der Waals surface area contributed by atoms with E-state index in [-0.39, 0.29) is 46.4 Å². The van der Waals surface area contributed by atoms with Crippen molar-refractivity contribution in [2.24, 2.45) is 18.9 Å². The van der Waals surface area contributed by atoms with Gasteiger partial charge in [-0.3, -0.25) is 14.2 Å². The number of rotatable bonds is 11. The highest BCUT2D eigenvalue weighted by Gasteiger charge is 2.68. The van der Waals surface area contributed by atoms with Gasteiger partial charge in [0.15, 0.2) is 21.3 Å². The van der Waals surface area contributed by atoms with Crippen LogP contribution in [0.3, 0.4) is 0 Å². The molecule has 1 saturated carbocycles. The van der Waals surface area contributed by atoms with Gasteiger partial charge in [0.05, 0.1) is 27.7 Å². The summed E-state index contributed by atoms with van der Waals surface area (Å²) < 4.78 is 129. The Morgan fingerprint density at radius 1 is 1.08 bits per heavy atom. The summed E-state index contributed by atoms with van der Waals surface area (Å²) in [7, 11) is -2.03. The standard InChI is InChI=1S/C40H34ClF7N6O4S/c1-53-36-27(6-7-30(41)34(36)31(51-53)18-59(2,57)58)26-5-3-24(4-8-32(56)21-15-49-16-21)50-35(26)20(9-19-10-22(42)13-23(43)11-19)12-25(55)17-54-38-33(37(52-54)40(46,47)48)28-14-29(28)39(38,44)45/h3,5-7,10-11,13,20-21,28-29,32,49,56H,9,12,14-18H2,1-2H3/t20-,28+,29-,32?/m1/s1. The minimum absolute atomic E-state index is 0.0700. The zero-order chi connectivity index (χ0) is 42.3. The number of carbonyl (C=O) groups is 1. The number of nitrogens with zero attached hydrogens (tertiary/aromatic N) is 5. The smallest absolute Gasteiger partial charge is 0.380 e. The fourth-order valence-electron chi connectivity index (χ4n) is 8.29. The van der Waals surface area contributed by atoms with Crippen LogP contribution in [0.1, 0.15) is 64.3 Å². The Bertz CT molecular complexity index is 2700. The van der Waals surface area contributed by atoms with E-state index in [1.165, 1.54) is 16.8 Å². The molecule has 4 atom stereocenters. The highest BCUT2D eigenvalue weighted by atomic mass is 35.5. The molecule has 4 heterocycles. The van der Waals surface area contributed by atoms with Gasteiger partial charge in [-0.25, -0.2) is 22.2 Å². The number of aliphatic hydroxyl groups excluding tert-OH is 1. The maximum Gasteiger partial charge on any atom is 0.435 e. The number of hydrogen-bond acceptors (Lipinski definition) is 8. The summed E-state index contributed by atoms with van der Waals surface area (Å²) >= 11 is 6.63. The number of benzene rings is 2. The first kappa shape index (κ1) is 40.9. The maximum absolute atomic E-state index is 15.4. The molecule has 59 heavy (non-hydrogen) atoms. The van der Waals surface area contributed by atoms with Crippen LogP contribution in [0.4, 0.5) is 30.7 Å². The summed E-state index contributed by atoms with van der Waals surface area (Å²) in [4.78, 5) is 18.9. The van der Waals surface area contributed by atoms with Crippen molar-refractivity contribution in [3.63, 3.8) is 0 Å². The first-order valence-electron chi connectivity index (χ1n) is 18.5. The first-order valence-corrected chi connectivity index (χ1v) is 20.9. The largest absolute Gasteiger partial charge is 0.435 e. The van der Waals surface area contributed by atoms with Gasteiger partial charge in [0.2, 0.25) is 0 Å². The van der Waals surface area contributed by atoms with Crippen molar-refractivity contribution in [3.05, 3.63) is 98.7 Å². The number of ketones is 1. The van der Waals surface area contributed by atoms with Gasteiger partial charge in [-0.15, -0.1) is 0 Å². The number of aliphatic hydroxyl groups is 1. The van der Waals surface area contributed by atoms with Gasteiger partial charge in [0.25, 0.3) is 5.92 Å². The van der Waals surface area contributed by atoms with Gasteiger partial charge in [-0.1, -0.05) is 23.6 Å². The van der Waals surface area contributed by atoms with Crippen LogP contribution < -0.4 is 5.32 Å². The molecule has 0 bridgehead atoms. The number of nitrogens with one attached hydrogen (secondary N) is 1. The van der Waals surface area contributed by atoms with Crippen molar-refractivity contribution in [3.8, 4) is 23.0 Å². The Morgan fingerprint density at radius 3 is 2.42 bits per heavy atom. The molecule has 1 aliphatic heterocycles. The predicted molar refractivity (Wildman–Crippen MR) is 201 cm³/mol. The molecule has 8 rings (SSSR count). The Kier molecular flexibility index (Phi) is 10.2. The van der Waals surface area contributed by atoms with Crippen molar-refractivity contribution >= 4 is 38.1 Å². The highest BCUT2D eigenvalue weighted by molar-refractivity contribution is 7.89. The van der Waals surface area contributed by atoms with Crippen LogP contribution >= 0.6 is 11.6 Å². The average Bonchev–Trinajstić information content (AvgIpc) is 3.64. The second kappa shape index (κ2) is 14.7. The van der Waals surface area contributed by atoms with Crippen molar-refractivity contribution in [1.29, 1.82) is 0 Å².